The number of hydrogen-bond acceptors (Lipinski definition) is 3. The van der Waals surface area contributed by atoms with Gasteiger partial charge in [0.05, 0.1) is 16.3 Å². The van der Waals surface area contributed by atoms with E-state index in [1.807, 2.05) is 0 Å². The first-order valence-electron chi connectivity index (χ1n) is 5.37. The summed E-state index contributed by atoms with van der Waals surface area (Å²) in [7, 11) is 0. The van der Waals surface area contributed by atoms with Crippen LogP contribution in [0.15, 0.2) is 29.4 Å². The number of hydrazone groups is 1. The van der Waals surface area contributed by atoms with Gasteiger partial charge in [-0.05, 0) is 25.1 Å². The van der Waals surface area contributed by atoms with Crippen molar-refractivity contribution in [1.82, 2.24) is 15.6 Å². The van der Waals surface area contributed by atoms with E-state index in [4.69, 9.17) is 23.2 Å². The fourth-order valence-electron chi connectivity index (χ4n) is 1.38. The van der Waals surface area contributed by atoms with Crippen LogP contribution in [0.2, 0.25) is 10.0 Å². The minimum atomic E-state index is -0.413. The molecule has 0 fully saturated rings. The molecule has 0 saturated heterocycles. The zero-order chi connectivity index (χ0) is 13.8. The number of halogens is 2. The van der Waals surface area contributed by atoms with Crippen LogP contribution in [-0.4, -0.2) is 22.3 Å². The molecule has 1 amide bonds. The lowest BCUT2D eigenvalue weighted by Gasteiger charge is -2.00. The average Bonchev–Trinajstić information content (AvgIpc) is 2.79. The van der Waals surface area contributed by atoms with Gasteiger partial charge < -0.3 is 0 Å². The Balaban J connectivity index is 2.06. The van der Waals surface area contributed by atoms with Crippen molar-refractivity contribution in [2.75, 3.05) is 0 Å². The third kappa shape index (κ3) is 3.33. The highest BCUT2D eigenvalue weighted by Gasteiger charge is 2.08. The Labute approximate surface area is 119 Å². The molecule has 0 aliphatic carbocycles. The smallest absolute Gasteiger partial charge is 0.282 e. The van der Waals surface area contributed by atoms with E-state index < -0.39 is 5.91 Å². The minimum absolute atomic E-state index is 0.264. The van der Waals surface area contributed by atoms with Crippen molar-refractivity contribution in [3.8, 4) is 0 Å². The molecule has 1 heterocycles. The van der Waals surface area contributed by atoms with Gasteiger partial charge in [0.25, 0.3) is 5.91 Å². The molecular formula is C12H10Cl2N4O. The minimum Gasteiger partial charge on any atom is -0.282 e. The van der Waals surface area contributed by atoms with Gasteiger partial charge in [-0.3, -0.25) is 9.89 Å². The molecule has 98 valence electrons. The van der Waals surface area contributed by atoms with E-state index in [9.17, 15) is 4.79 Å². The SMILES string of the molecule is Cc1cc(C(=O)NN=Cc2c(Cl)cccc2Cl)n[nH]1. The second-order valence-corrected chi connectivity index (χ2v) is 4.59. The number of aromatic amines is 1. The van der Waals surface area contributed by atoms with Gasteiger partial charge in [-0.2, -0.15) is 10.2 Å². The second-order valence-electron chi connectivity index (χ2n) is 3.77. The van der Waals surface area contributed by atoms with E-state index in [2.05, 4.69) is 20.7 Å². The summed E-state index contributed by atoms with van der Waals surface area (Å²) in [5, 5.41) is 11.2. The summed E-state index contributed by atoms with van der Waals surface area (Å²) in [6.07, 6.45) is 1.39. The largest absolute Gasteiger partial charge is 0.291 e. The summed E-state index contributed by atoms with van der Waals surface area (Å²) in [4.78, 5) is 11.6. The maximum atomic E-state index is 11.6. The van der Waals surface area contributed by atoms with E-state index in [-0.39, 0.29) is 5.69 Å². The molecule has 2 rings (SSSR count). The zero-order valence-corrected chi connectivity index (χ0v) is 11.5. The van der Waals surface area contributed by atoms with Crippen molar-refractivity contribution in [3.05, 3.63) is 51.3 Å². The summed E-state index contributed by atoms with van der Waals surface area (Å²) < 4.78 is 0. The number of H-pyrrole nitrogens is 1. The predicted molar refractivity (Wildman–Crippen MR) is 74.8 cm³/mol. The predicted octanol–water partition coefficient (Wildman–Crippen LogP) is 2.79. The van der Waals surface area contributed by atoms with Crippen molar-refractivity contribution in [2.45, 2.75) is 6.92 Å². The van der Waals surface area contributed by atoms with E-state index >= 15 is 0 Å². The molecule has 1 aromatic carbocycles. The quantitative estimate of drug-likeness (QED) is 0.675. The van der Waals surface area contributed by atoms with Crippen LogP contribution in [0.5, 0.6) is 0 Å². The van der Waals surface area contributed by atoms with Gasteiger partial charge in [-0.1, -0.05) is 29.3 Å². The first kappa shape index (κ1) is 13.6. The topological polar surface area (TPSA) is 70.1 Å². The van der Waals surface area contributed by atoms with Crippen LogP contribution >= 0.6 is 23.2 Å². The third-order valence-corrected chi connectivity index (χ3v) is 2.96. The lowest BCUT2D eigenvalue weighted by molar-refractivity contribution is 0.0950. The summed E-state index contributed by atoms with van der Waals surface area (Å²) >= 11 is 11.9. The Morgan fingerprint density at radius 1 is 1.42 bits per heavy atom. The third-order valence-electron chi connectivity index (χ3n) is 2.30. The van der Waals surface area contributed by atoms with E-state index in [0.717, 1.165) is 5.69 Å². The van der Waals surface area contributed by atoms with Crippen molar-refractivity contribution in [2.24, 2.45) is 5.10 Å². The summed E-state index contributed by atoms with van der Waals surface area (Å²) in [6, 6.07) is 6.72. The molecule has 7 heteroatoms. The number of amides is 1. The number of nitrogens with zero attached hydrogens (tertiary/aromatic N) is 2. The summed E-state index contributed by atoms with van der Waals surface area (Å²) in [5.41, 5.74) is 3.95. The normalized spacial score (nSPS) is 10.9. The van der Waals surface area contributed by atoms with Gasteiger partial charge in [0.1, 0.15) is 0 Å². The Morgan fingerprint density at radius 3 is 2.68 bits per heavy atom. The van der Waals surface area contributed by atoms with Crippen LogP contribution < -0.4 is 5.43 Å². The molecule has 0 aliphatic rings. The van der Waals surface area contributed by atoms with Crippen molar-refractivity contribution in [1.29, 1.82) is 0 Å². The number of hydrogen-bond donors (Lipinski definition) is 2. The lowest BCUT2D eigenvalue weighted by atomic mass is 10.2. The zero-order valence-electron chi connectivity index (χ0n) is 9.95. The summed E-state index contributed by atoms with van der Waals surface area (Å²) in [5.74, 6) is -0.413. The first-order valence-corrected chi connectivity index (χ1v) is 6.13. The highest BCUT2D eigenvalue weighted by Crippen LogP contribution is 2.21. The first-order chi connectivity index (χ1) is 9.08. The molecule has 1 aromatic heterocycles. The fourth-order valence-corrected chi connectivity index (χ4v) is 1.88. The molecule has 0 unspecified atom stereocenters. The molecule has 0 atom stereocenters. The molecule has 2 N–H and O–H groups in total. The molecule has 2 aromatic rings. The van der Waals surface area contributed by atoms with E-state index in [1.165, 1.54) is 6.21 Å². The molecule has 0 aliphatic heterocycles. The second kappa shape index (κ2) is 5.86. The van der Waals surface area contributed by atoms with Gasteiger partial charge >= 0.3 is 0 Å². The molecular weight excluding hydrogens is 287 g/mol. The molecule has 19 heavy (non-hydrogen) atoms. The van der Waals surface area contributed by atoms with E-state index in [0.29, 0.717) is 15.6 Å². The van der Waals surface area contributed by atoms with Crippen LogP contribution in [0.3, 0.4) is 0 Å². The number of carbonyl (C=O) groups excluding carboxylic acids is 1. The maximum absolute atomic E-state index is 11.6. The standard InChI is InChI=1S/C12H10Cl2N4O/c1-7-5-11(17-16-7)12(19)18-15-6-8-9(13)3-2-4-10(8)14/h2-6H,1H3,(H,16,17)(H,18,19). The number of aromatic nitrogens is 2. The lowest BCUT2D eigenvalue weighted by Crippen LogP contribution is -2.18. The number of aryl methyl sites for hydroxylation is 1. The molecule has 5 nitrogen and oxygen atoms in total. The molecule has 0 bridgehead atoms. The monoisotopic (exact) mass is 296 g/mol. The van der Waals surface area contributed by atoms with Crippen molar-refractivity contribution < 1.29 is 4.79 Å². The molecule has 0 saturated carbocycles. The van der Waals surface area contributed by atoms with Gasteiger partial charge in [0.15, 0.2) is 5.69 Å². The average molecular weight is 297 g/mol. The molecule has 0 radical (unpaired) electrons. The highest BCUT2D eigenvalue weighted by molar-refractivity contribution is 6.38. The highest BCUT2D eigenvalue weighted by atomic mass is 35.5. The van der Waals surface area contributed by atoms with Gasteiger partial charge in [-0.15, -0.1) is 0 Å². The summed E-state index contributed by atoms with van der Waals surface area (Å²) in [6.45, 7) is 1.80. The van der Waals surface area contributed by atoms with Gasteiger partial charge in [-0.25, -0.2) is 5.43 Å². The Bertz CT molecular complexity index is 616. The van der Waals surface area contributed by atoms with E-state index in [1.54, 1.807) is 31.2 Å². The van der Waals surface area contributed by atoms with Crippen LogP contribution in [0.25, 0.3) is 0 Å². The van der Waals surface area contributed by atoms with Crippen molar-refractivity contribution >= 4 is 35.3 Å². The van der Waals surface area contributed by atoms with Crippen LogP contribution in [0.1, 0.15) is 21.7 Å². The van der Waals surface area contributed by atoms with Gasteiger partial charge in [0.2, 0.25) is 0 Å². The molecule has 0 spiro atoms. The number of rotatable bonds is 3. The Morgan fingerprint density at radius 2 is 2.11 bits per heavy atom. The Hall–Kier alpha value is -1.85. The van der Waals surface area contributed by atoms with Crippen LogP contribution in [0.4, 0.5) is 0 Å². The number of carbonyl (C=O) groups is 1. The van der Waals surface area contributed by atoms with Gasteiger partial charge in [0, 0.05) is 11.3 Å². The van der Waals surface area contributed by atoms with Crippen molar-refractivity contribution in [3.63, 3.8) is 0 Å². The van der Waals surface area contributed by atoms with Crippen LogP contribution in [-0.2, 0) is 0 Å². The fraction of sp³-hybridized carbons (Fsp3) is 0.0833. The van der Waals surface area contributed by atoms with Crippen LogP contribution in [0, 0.1) is 6.92 Å². The maximum Gasteiger partial charge on any atom is 0.291 e. The Kier molecular flexibility index (Phi) is 4.19. The number of nitrogens with one attached hydrogen (secondary N) is 2. The number of benzene rings is 1.